The average Bonchev–Trinajstić information content (AvgIpc) is 3.22. The predicted molar refractivity (Wildman–Crippen MR) is 136 cm³/mol. The number of anilines is 1. The van der Waals surface area contributed by atoms with Crippen LogP contribution >= 0.6 is 11.6 Å². The highest BCUT2D eigenvalue weighted by molar-refractivity contribution is 6.30. The van der Waals surface area contributed by atoms with Crippen molar-refractivity contribution in [3.63, 3.8) is 0 Å². The number of carbonyl (C=O) groups excluding carboxylic acids is 2. The molecule has 0 radical (unpaired) electrons. The Morgan fingerprint density at radius 1 is 1.00 bits per heavy atom. The van der Waals surface area contributed by atoms with Crippen LogP contribution in [0.2, 0.25) is 5.02 Å². The summed E-state index contributed by atoms with van der Waals surface area (Å²) >= 11 is 6.19. The van der Waals surface area contributed by atoms with E-state index in [-0.39, 0.29) is 11.9 Å². The maximum atomic E-state index is 12.8. The minimum absolute atomic E-state index is 0.243. The number of aliphatic imine (C=N–C) groups is 1. The molecule has 4 rings (SSSR count). The van der Waals surface area contributed by atoms with E-state index in [4.69, 9.17) is 16.6 Å². The van der Waals surface area contributed by atoms with Crippen LogP contribution in [-0.4, -0.2) is 84.6 Å². The molecule has 0 spiro atoms. The Morgan fingerprint density at radius 2 is 1.68 bits per heavy atom. The first-order chi connectivity index (χ1) is 16.5. The minimum atomic E-state index is -0.466. The number of likely N-dealkylation sites (N-methyl/N-ethyl adjacent to an activating group) is 1. The van der Waals surface area contributed by atoms with Crippen LogP contribution in [0.5, 0.6) is 0 Å². The number of nitrogens with zero attached hydrogens (tertiary/aromatic N) is 5. The number of unbranched alkanes of at least 4 members (excludes halogenated alkanes) is 6. The van der Waals surface area contributed by atoms with Gasteiger partial charge in [0.2, 0.25) is 0 Å². The van der Waals surface area contributed by atoms with Crippen LogP contribution in [0.3, 0.4) is 0 Å². The average molecular weight is 489 g/mol. The summed E-state index contributed by atoms with van der Waals surface area (Å²) in [5.41, 5.74) is 1.12. The van der Waals surface area contributed by atoms with E-state index in [0.717, 1.165) is 62.2 Å². The van der Waals surface area contributed by atoms with Crippen LogP contribution in [0.15, 0.2) is 29.3 Å². The van der Waals surface area contributed by atoms with Gasteiger partial charge in [-0.15, -0.1) is 0 Å². The van der Waals surface area contributed by atoms with Crippen molar-refractivity contribution in [2.45, 2.75) is 64.1 Å². The fraction of sp³-hybridized carbons (Fsp3) is 0.640. The van der Waals surface area contributed by atoms with Crippen molar-refractivity contribution in [1.29, 1.82) is 0 Å². The number of fused-ring (bicyclic) bond motifs is 1. The Morgan fingerprint density at radius 3 is 2.38 bits per heavy atom. The summed E-state index contributed by atoms with van der Waals surface area (Å²) in [4.78, 5) is 38.3. The van der Waals surface area contributed by atoms with Gasteiger partial charge in [0.05, 0.1) is 0 Å². The van der Waals surface area contributed by atoms with E-state index < -0.39 is 12.2 Å². The molecule has 9 heteroatoms. The van der Waals surface area contributed by atoms with Gasteiger partial charge in [-0.3, -0.25) is 10.1 Å². The Labute approximate surface area is 207 Å². The van der Waals surface area contributed by atoms with Gasteiger partial charge in [0.25, 0.3) is 5.91 Å². The lowest BCUT2D eigenvalue weighted by molar-refractivity contribution is -0.127. The largest absolute Gasteiger partial charge is 0.368 e. The number of piperazine rings is 1. The number of nitrogens with one attached hydrogen (secondary N) is 1. The smallest absolute Gasteiger partial charge is 0.325 e. The molecule has 8 nitrogen and oxygen atoms in total. The normalized spacial score (nSPS) is 22.7. The predicted octanol–water partition coefficient (Wildman–Crippen LogP) is 3.76. The monoisotopic (exact) mass is 488 g/mol. The van der Waals surface area contributed by atoms with Crippen molar-refractivity contribution >= 4 is 35.2 Å². The highest BCUT2D eigenvalue weighted by Crippen LogP contribution is 2.28. The van der Waals surface area contributed by atoms with Gasteiger partial charge in [-0.25, -0.2) is 9.79 Å². The number of hydrogen-bond donors (Lipinski definition) is 1. The van der Waals surface area contributed by atoms with E-state index in [1.54, 1.807) is 11.9 Å². The molecule has 2 saturated heterocycles. The number of hydrogen-bond acceptors (Lipinski definition) is 6. The van der Waals surface area contributed by atoms with Gasteiger partial charge in [0.1, 0.15) is 0 Å². The first kappa shape index (κ1) is 24.6. The summed E-state index contributed by atoms with van der Waals surface area (Å²) in [5, 5.41) is 3.25. The van der Waals surface area contributed by atoms with Gasteiger partial charge < -0.3 is 19.6 Å². The maximum Gasteiger partial charge on any atom is 0.325 e. The number of rotatable bonds is 9. The Kier molecular flexibility index (Phi) is 8.19. The molecule has 3 aliphatic heterocycles. The standard InChI is InChI=1S/C25H37ClN6O2/c1-3-4-5-6-7-8-9-13-32-21-22(29(2)25(34)28-23(21)33)27-24(32)31-16-14-30(15-17-31)20-12-10-11-19(26)18-20/h10-12,18,21-22H,3-9,13-17H2,1-2H3,(H,28,33,34). The molecule has 0 aromatic heterocycles. The number of urea groups is 1. The summed E-state index contributed by atoms with van der Waals surface area (Å²) < 4.78 is 0. The molecule has 1 aromatic rings. The zero-order valence-electron chi connectivity index (χ0n) is 20.4. The van der Waals surface area contributed by atoms with Crippen molar-refractivity contribution in [2.24, 2.45) is 4.99 Å². The molecule has 34 heavy (non-hydrogen) atoms. The van der Waals surface area contributed by atoms with Crippen LogP contribution in [0.25, 0.3) is 0 Å². The van der Waals surface area contributed by atoms with E-state index >= 15 is 0 Å². The number of guanidine groups is 1. The first-order valence-electron chi connectivity index (χ1n) is 12.7. The molecule has 3 heterocycles. The topological polar surface area (TPSA) is 71.5 Å². The molecule has 2 unspecified atom stereocenters. The summed E-state index contributed by atoms with van der Waals surface area (Å²) in [7, 11) is 1.72. The Hall–Kier alpha value is -2.48. The van der Waals surface area contributed by atoms with Crippen LogP contribution in [-0.2, 0) is 4.79 Å². The lowest BCUT2D eigenvalue weighted by atomic mass is 10.1. The fourth-order valence-electron chi connectivity index (χ4n) is 5.09. The van der Waals surface area contributed by atoms with Crippen LogP contribution in [0.4, 0.5) is 10.5 Å². The molecule has 2 atom stereocenters. The van der Waals surface area contributed by atoms with E-state index in [2.05, 4.69) is 33.0 Å². The van der Waals surface area contributed by atoms with Crippen molar-refractivity contribution in [1.82, 2.24) is 20.0 Å². The lowest BCUT2D eigenvalue weighted by Crippen LogP contribution is -2.64. The molecule has 1 N–H and O–H groups in total. The van der Waals surface area contributed by atoms with Gasteiger partial charge in [0, 0.05) is 50.5 Å². The zero-order chi connectivity index (χ0) is 24.1. The number of imide groups is 1. The molecule has 1 aromatic carbocycles. The molecule has 3 aliphatic rings. The third-order valence-electron chi connectivity index (χ3n) is 7.08. The van der Waals surface area contributed by atoms with Crippen molar-refractivity contribution in [3.05, 3.63) is 29.3 Å². The van der Waals surface area contributed by atoms with E-state index in [0.29, 0.717) is 0 Å². The van der Waals surface area contributed by atoms with Crippen LogP contribution < -0.4 is 10.2 Å². The van der Waals surface area contributed by atoms with Crippen molar-refractivity contribution in [2.75, 3.05) is 44.7 Å². The summed E-state index contributed by atoms with van der Waals surface area (Å²) in [6.07, 6.45) is 8.03. The number of carbonyl (C=O) groups is 2. The highest BCUT2D eigenvalue weighted by atomic mass is 35.5. The van der Waals surface area contributed by atoms with E-state index in [9.17, 15) is 9.59 Å². The maximum absolute atomic E-state index is 12.8. The second kappa shape index (κ2) is 11.3. The molecule has 0 saturated carbocycles. The minimum Gasteiger partial charge on any atom is -0.368 e. The van der Waals surface area contributed by atoms with Gasteiger partial charge in [0.15, 0.2) is 18.2 Å². The SMILES string of the molecule is CCCCCCCCCN1C(N2CCN(c3cccc(Cl)c3)CC2)=NC2C1C(=O)NC(=O)N2C. The van der Waals surface area contributed by atoms with Gasteiger partial charge in [-0.2, -0.15) is 0 Å². The third kappa shape index (κ3) is 5.43. The number of benzene rings is 1. The molecule has 0 bridgehead atoms. The van der Waals surface area contributed by atoms with Crippen molar-refractivity contribution in [3.8, 4) is 0 Å². The molecular weight excluding hydrogens is 452 g/mol. The quantitative estimate of drug-likeness (QED) is 0.536. The van der Waals surface area contributed by atoms with Crippen LogP contribution in [0, 0.1) is 0 Å². The second-order valence-corrected chi connectivity index (χ2v) is 9.90. The lowest BCUT2D eigenvalue weighted by Gasteiger charge is -2.41. The van der Waals surface area contributed by atoms with E-state index in [1.807, 2.05) is 18.2 Å². The van der Waals surface area contributed by atoms with Gasteiger partial charge in [-0.05, 0) is 24.6 Å². The second-order valence-electron chi connectivity index (χ2n) is 9.46. The van der Waals surface area contributed by atoms with Gasteiger partial charge >= 0.3 is 6.03 Å². The van der Waals surface area contributed by atoms with Crippen LogP contribution in [0.1, 0.15) is 51.9 Å². The first-order valence-corrected chi connectivity index (χ1v) is 13.0. The van der Waals surface area contributed by atoms with Gasteiger partial charge in [-0.1, -0.05) is 63.1 Å². The highest BCUT2D eigenvalue weighted by Gasteiger charge is 2.49. The number of amides is 3. The molecule has 3 amide bonds. The summed E-state index contributed by atoms with van der Waals surface area (Å²) in [6.45, 7) is 6.31. The fourth-order valence-corrected chi connectivity index (χ4v) is 5.28. The zero-order valence-corrected chi connectivity index (χ0v) is 21.1. The Bertz CT molecular complexity index is 901. The van der Waals surface area contributed by atoms with E-state index in [1.165, 1.54) is 32.1 Å². The Balaban J connectivity index is 1.41. The molecular formula is C25H37ClN6O2. The number of halogens is 1. The molecule has 2 fully saturated rings. The molecule has 186 valence electrons. The van der Waals surface area contributed by atoms with Crippen molar-refractivity contribution < 1.29 is 9.59 Å². The summed E-state index contributed by atoms with van der Waals surface area (Å²) in [6, 6.07) is 7.12. The third-order valence-corrected chi connectivity index (χ3v) is 7.31. The summed E-state index contributed by atoms with van der Waals surface area (Å²) in [5.74, 6) is 0.607. The molecule has 0 aliphatic carbocycles.